The van der Waals surface area contributed by atoms with Gasteiger partial charge >= 0.3 is 0 Å². The number of carbonyl (C=O) groups is 2. The first-order chi connectivity index (χ1) is 15.5. The van der Waals surface area contributed by atoms with E-state index in [2.05, 4.69) is 5.32 Å². The van der Waals surface area contributed by atoms with E-state index in [0.717, 1.165) is 36.6 Å². The molecule has 1 atom stereocenters. The highest BCUT2D eigenvalue weighted by molar-refractivity contribution is 6.14. The molecule has 2 aromatic carbocycles. The van der Waals surface area contributed by atoms with Gasteiger partial charge in [0.25, 0.3) is 5.91 Å². The normalized spacial score (nSPS) is 22.4. The number of anilines is 1. The average molecular weight is 431 g/mol. The lowest BCUT2D eigenvalue weighted by Gasteiger charge is -2.44. The molecule has 2 aliphatic heterocycles. The van der Waals surface area contributed by atoms with Gasteiger partial charge in [0.05, 0.1) is 6.54 Å². The summed E-state index contributed by atoms with van der Waals surface area (Å²) in [5.41, 5.74) is 1.07. The smallest absolute Gasteiger partial charge is 0.275 e. The van der Waals surface area contributed by atoms with E-state index in [0.29, 0.717) is 29.4 Å². The monoisotopic (exact) mass is 431 g/mol. The molecule has 164 valence electrons. The second-order valence-electron chi connectivity index (χ2n) is 9.08. The molecule has 2 amide bonds. The number of hydrogen-bond donors (Lipinski definition) is 1. The van der Waals surface area contributed by atoms with Crippen LogP contribution in [0.2, 0.25) is 0 Å². The number of carbonyl (C=O) groups excluding carboxylic acids is 2. The molecule has 0 spiro atoms. The number of rotatable bonds is 3. The van der Waals surface area contributed by atoms with Crippen molar-refractivity contribution in [3.05, 3.63) is 54.2 Å². The Labute approximate surface area is 185 Å². The molecule has 1 unspecified atom stereocenters. The zero-order valence-electron chi connectivity index (χ0n) is 18.0. The summed E-state index contributed by atoms with van der Waals surface area (Å²) < 4.78 is 13.0. The van der Waals surface area contributed by atoms with Crippen LogP contribution in [0.3, 0.4) is 0 Å². The highest BCUT2D eigenvalue weighted by atomic mass is 16.7. The van der Waals surface area contributed by atoms with Crippen LogP contribution in [0.15, 0.2) is 48.5 Å². The number of nitrogens with one attached hydrogen (secondary N) is 1. The number of ether oxygens (including phenoxy) is 2. The number of hydrogen-bond acceptors (Lipinski definition) is 4. The summed E-state index contributed by atoms with van der Waals surface area (Å²) in [6, 6.07) is 15.4. The Kier molecular flexibility index (Phi) is 4.22. The van der Waals surface area contributed by atoms with Crippen LogP contribution < -0.4 is 19.7 Å². The molecule has 0 radical (unpaired) electrons. The number of para-hydroxylation sites is 1. The van der Waals surface area contributed by atoms with Crippen LogP contribution in [0.1, 0.15) is 43.1 Å². The Morgan fingerprint density at radius 3 is 2.69 bits per heavy atom. The fraction of sp³-hybridized carbons (Fsp3) is 0.360. The summed E-state index contributed by atoms with van der Waals surface area (Å²) in [6.07, 6.45) is 4.21. The van der Waals surface area contributed by atoms with E-state index >= 15 is 0 Å². The van der Waals surface area contributed by atoms with Crippen molar-refractivity contribution >= 4 is 28.4 Å². The maximum atomic E-state index is 13.9. The maximum absolute atomic E-state index is 13.9. The molecule has 1 aliphatic carbocycles. The van der Waals surface area contributed by atoms with Crippen LogP contribution in [0.4, 0.5) is 5.69 Å². The Balaban J connectivity index is 1.48. The molecule has 7 heteroatoms. The summed E-state index contributed by atoms with van der Waals surface area (Å²) >= 11 is 0. The third kappa shape index (κ3) is 2.80. The van der Waals surface area contributed by atoms with Crippen LogP contribution in [-0.4, -0.2) is 34.8 Å². The lowest BCUT2D eigenvalue weighted by Crippen LogP contribution is -2.65. The van der Waals surface area contributed by atoms with Crippen molar-refractivity contribution < 1.29 is 19.1 Å². The van der Waals surface area contributed by atoms with Crippen molar-refractivity contribution in [3.8, 4) is 11.5 Å². The van der Waals surface area contributed by atoms with Gasteiger partial charge in [-0.1, -0.05) is 31.0 Å². The first-order valence-electron chi connectivity index (χ1n) is 11.2. The van der Waals surface area contributed by atoms with Crippen molar-refractivity contribution in [2.75, 3.05) is 11.7 Å². The number of nitrogens with zero attached hydrogens (tertiary/aromatic N) is 2. The summed E-state index contributed by atoms with van der Waals surface area (Å²) in [6.45, 7) is 2.38. The van der Waals surface area contributed by atoms with Gasteiger partial charge in [-0.25, -0.2) is 0 Å². The number of aromatic nitrogens is 1. The number of benzene rings is 2. The standard InChI is InChI=1S/C25H25N3O4/c1-25(24(30)26-17-7-3-4-8-17)14-27-19-9-5-2-6-16(19)12-20(27)23(29)28(25)18-10-11-21-22(13-18)32-15-31-21/h2,5-6,9-13,17H,3-4,7-8,14-15H2,1H3,(H,26,30). The number of amides is 2. The van der Waals surface area contributed by atoms with Crippen LogP contribution in [-0.2, 0) is 11.3 Å². The lowest BCUT2D eigenvalue weighted by molar-refractivity contribution is -0.127. The van der Waals surface area contributed by atoms with E-state index in [4.69, 9.17) is 9.47 Å². The van der Waals surface area contributed by atoms with Crippen molar-refractivity contribution in [2.45, 2.75) is 50.7 Å². The van der Waals surface area contributed by atoms with Gasteiger partial charge in [0, 0.05) is 28.7 Å². The SMILES string of the molecule is CC1(C(=O)NC2CCCC2)Cn2c(cc3ccccc32)C(=O)N1c1ccc2c(c1)OCO2. The number of fused-ring (bicyclic) bond motifs is 4. The largest absolute Gasteiger partial charge is 0.454 e. The van der Waals surface area contributed by atoms with Gasteiger partial charge in [-0.15, -0.1) is 0 Å². The molecule has 0 bridgehead atoms. The minimum Gasteiger partial charge on any atom is -0.454 e. The molecule has 0 saturated heterocycles. The van der Waals surface area contributed by atoms with Crippen molar-refractivity contribution in [1.82, 2.24) is 9.88 Å². The van der Waals surface area contributed by atoms with Crippen LogP contribution in [0, 0.1) is 0 Å². The first-order valence-corrected chi connectivity index (χ1v) is 11.2. The molecule has 1 saturated carbocycles. The summed E-state index contributed by atoms with van der Waals surface area (Å²) in [4.78, 5) is 29.3. The molecule has 6 rings (SSSR count). The van der Waals surface area contributed by atoms with Gasteiger partial charge in [0.15, 0.2) is 11.5 Å². The molecular formula is C25H25N3O4. The molecular weight excluding hydrogens is 406 g/mol. The maximum Gasteiger partial charge on any atom is 0.275 e. The van der Waals surface area contributed by atoms with Gasteiger partial charge in [-0.3, -0.25) is 14.5 Å². The fourth-order valence-corrected chi connectivity index (χ4v) is 5.29. The predicted molar refractivity (Wildman–Crippen MR) is 120 cm³/mol. The third-order valence-corrected chi connectivity index (χ3v) is 6.99. The van der Waals surface area contributed by atoms with Gasteiger partial charge in [0.2, 0.25) is 12.7 Å². The highest BCUT2D eigenvalue weighted by Gasteiger charge is 2.49. The summed E-state index contributed by atoms with van der Waals surface area (Å²) in [5.74, 6) is 0.902. The van der Waals surface area contributed by atoms with Crippen molar-refractivity contribution in [2.24, 2.45) is 0 Å². The van der Waals surface area contributed by atoms with Gasteiger partial charge in [-0.2, -0.15) is 0 Å². The average Bonchev–Trinajstić information content (AvgIpc) is 3.53. The molecule has 1 aromatic heterocycles. The second kappa shape index (κ2) is 7.02. The zero-order valence-corrected chi connectivity index (χ0v) is 18.0. The first kappa shape index (κ1) is 19.2. The Morgan fingerprint density at radius 1 is 1.06 bits per heavy atom. The van der Waals surface area contributed by atoms with Crippen LogP contribution >= 0.6 is 0 Å². The van der Waals surface area contributed by atoms with E-state index in [9.17, 15) is 9.59 Å². The van der Waals surface area contributed by atoms with E-state index in [1.807, 2.05) is 47.9 Å². The molecule has 3 aliphatic rings. The minimum absolute atomic E-state index is 0.126. The minimum atomic E-state index is -1.10. The highest BCUT2D eigenvalue weighted by Crippen LogP contribution is 2.41. The molecule has 3 heterocycles. The molecule has 7 nitrogen and oxygen atoms in total. The Bertz CT molecular complexity index is 1240. The second-order valence-corrected chi connectivity index (χ2v) is 9.08. The molecule has 1 fully saturated rings. The van der Waals surface area contributed by atoms with Gasteiger partial charge < -0.3 is 19.4 Å². The van der Waals surface area contributed by atoms with E-state index in [1.54, 1.807) is 17.0 Å². The quantitative estimate of drug-likeness (QED) is 0.684. The van der Waals surface area contributed by atoms with Gasteiger partial charge in [0.1, 0.15) is 11.2 Å². The van der Waals surface area contributed by atoms with E-state index in [1.165, 1.54) is 0 Å². The Morgan fingerprint density at radius 2 is 1.84 bits per heavy atom. The molecule has 1 N–H and O–H groups in total. The van der Waals surface area contributed by atoms with Crippen molar-refractivity contribution in [1.29, 1.82) is 0 Å². The predicted octanol–water partition coefficient (Wildman–Crippen LogP) is 3.85. The topological polar surface area (TPSA) is 72.8 Å². The third-order valence-electron chi connectivity index (χ3n) is 6.99. The van der Waals surface area contributed by atoms with Crippen LogP contribution in [0.25, 0.3) is 10.9 Å². The molecule has 3 aromatic rings. The van der Waals surface area contributed by atoms with Crippen LogP contribution in [0.5, 0.6) is 11.5 Å². The van der Waals surface area contributed by atoms with Crippen molar-refractivity contribution in [3.63, 3.8) is 0 Å². The fourth-order valence-electron chi connectivity index (χ4n) is 5.29. The van der Waals surface area contributed by atoms with E-state index in [-0.39, 0.29) is 24.6 Å². The van der Waals surface area contributed by atoms with E-state index < -0.39 is 5.54 Å². The lowest BCUT2D eigenvalue weighted by atomic mass is 9.93. The summed E-state index contributed by atoms with van der Waals surface area (Å²) in [7, 11) is 0. The Hall–Kier alpha value is -3.48. The summed E-state index contributed by atoms with van der Waals surface area (Å²) in [5, 5.41) is 4.22. The molecule has 32 heavy (non-hydrogen) atoms. The zero-order chi connectivity index (χ0) is 21.9. The van der Waals surface area contributed by atoms with Gasteiger partial charge in [-0.05, 0) is 44.0 Å².